The summed E-state index contributed by atoms with van der Waals surface area (Å²) in [5.74, 6) is 0.811. The van der Waals surface area contributed by atoms with Crippen LogP contribution in [-0.4, -0.2) is 11.0 Å². The second-order valence-electron chi connectivity index (χ2n) is 4.79. The predicted molar refractivity (Wildman–Crippen MR) is 87.0 cm³/mol. The average molecular weight is 351 g/mol. The molecule has 1 aromatic carbocycles. The minimum atomic E-state index is 0.181. The van der Waals surface area contributed by atoms with Crippen LogP contribution in [0.3, 0.4) is 0 Å². The molecule has 20 heavy (non-hydrogen) atoms. The number of nitrogens with zero attached hydrogens (tertiary/aromatic N) is 1. The van der Waals surface area contributed by atoms with Crippen molar-refractivity contribution in [3.05, 3.63) is 39.1 Å². The van der Waals surface area contributed by atoms with E-state index in [0.29, 0.717) is 0 Å². The van der Waals surface area contributed by atoms with Crippen molar-refractivity contribution in [2.75, 3.05) is 0 Å². The fourth-order valence-corrected chi connectivity index (χ4v) is 3.28. The highest BCUT2D eigenvalue weighted by Gasteiger charge is 2.12. The summed E-state index contributed by atoms with van der Waals surface area (Å²) in [5.41, 5.74) is 7.74. The minimum absolute atomic E-state index is 0.181. The molecule has 2 N–H and O–H groups in total. The molecule has 1 atom stereocenters. The van der Waals surface area contributed by atoms with Crippen molar-refractivity contribution in [3.8, 4) is 11.5 Å². The smallest absolute Gasteiger partial charge is 0.154 e. The summed E-state index contributed by atoms with van der Waals surface area (Å²) in [6, 6.07) is 8.19. The van der Waals surface area contributed by atoms with Crippen LogP contribution >= 0.6 is 27.3 Å². The molecule has 3 rings (SSSR count). The average Bonchev–Trinajstić information content (AvgIpc) is 3.04. The van der Waals surface area contributed by atoms with Gasteiger partial charge in [-0.2, -0.15) is 0 Å². The van der Waals surface area contributed by atoms with E-state index in [1.165, 1.54) is 0 Å². The largest absolute Gasteiger partial charge is 0.454 e. The zero-order valence-corrected chi connectivity index (χ0v) is 13.5. The molecule has 0 radical (unpaired) electrons. The maximum absolute atomic E-state index is 5.97. The Labute approximate surface area is 129 Å². The van der Waals surface area contributed by atoms with Gasteiger partial charge >= 0.3 is 0 Å². The first kappa shape index (κ1) is 13.8. The van der Waals surface area contributed by atoms with Crippen molar-refractivity contribution in [1.29, 1.82) is 0 Å². The van der Waals surface area contributed by atoms with Crippen molar-refractivity contribution in [3.63, 3.8) is 0 Å². The van der Waals surface area contributed by atoms with E-state index < -0.39 is 0 Å². The Morgan fingerprint density at radius 2 is 2.25 bits per heavy atom. The summed E-state index contributed by atoms with van der Waals surface area (Å²) in [4.78, 5) is 4.62. The summed E-state index contributed by atoms with van der Waals surface area (Å²) in [7, 11) is 0. The van der Waals surface area contributed by atoms with Gasteiger partial charge in [-0.25, -0.2) is 4.98 Å². The normalized spacial score (nSPS) is 12.9. The van der Waals surface area contributed by atoms with Gasteiger partial charge in [0.25, 0.3) is 0 Å². The van der Waals surface area contributed by atoms with Gasteiger partial charge in [-0.1, -0.05) is 22.9 Å². The summed E-state index contributed by atoms with van der Waals surface area (Å²) >= 11 is 5.11. The second-order valence-corrected chi connectivity index (χ2v) is 6.65. The third kappa shape index (κ3) is 2.80. The first-order valence-corrected chi connectivity index (χ1v) is 8.22. The number of benzene rings is 1. The van der Waals surface area contributed by atoms with Crippen molar-refractivity contribution < 1.29 is 4.42 Å². The molecule has 5 heteroatoms. The first-order valence-electron chi connectivity index (χ1n) is 6.55. The lowest BCUT2D eigenvalue weighted by Crippen LogP contribution is -2.21. The summed E-state index contributed by atoms with van der Waals surface area (Å²) < 4.78 is 6.89. The van der Waals surface area contributed by atoms with Gasteiger partial charge in [-0.3, -0.25) is 0 Å². The quantitative estimate of drug-likeness (QED) is 0.747. The molecule has 3 nitrogen and oxygen atoms in total. The van der Waals surface area contributed by atoms with Crippen LogP contribution in [0.5, 0.6) is 0 Å². The molecule has 2 aromatic heterocycles. The lowest BCUT2D eigenvalue weighted by Gasteiger charge is -2.04. The van der Waals surface area contributed by atoms with E-state index in [2.05, 4.69) is 27.8 Å². The van der Waals surface area contributed by atoms with E-state index in [-0.39, 0.29) is 6.04 Å². The summed E-state index contributed by atoms with van der Waals surface area (Å²) in [6.07, 6.45) is 1.79. The Morgan fingerprint density at radius 3 is 3.05 bits per heavy atom. The molecule has 0 aliphatic carbocycles. The fourth-order valence-electron chi connectivity index (χ4n) is 2.03. The molecule has 3 aromatic rings. The van der Waals surface area contributed by atoms with Gasteiger partial charge in [-0.05, 0) is 30.7 Å². The van der Waals surface area contributed by atoms with E-state index >= 15 is 0 Å². The SMILES string of the molecule is CCC(N)Cc1nc(-c2cc3cc(Br)ccc3o2)cs1. The van der Waals surface area contributed by atoms with E-state index in [1.807, 2.05) is 29.6 Å². The van der Waals surface area contributed by atoms with Crippen LogP contribution < -0.4 is 5.73 Å². The van der Waals surface area contributed by atoms with Gasteiger partial charge in [-0.15, -0.1) is 11.3 Å². The van der Waals surface area contributed by atoms with Crippen LogP contribution in [0.15, 0.2) is 38.5 Å². The topological polar surface area (TPSA) is 52.0 Å². The predicted octanol–water partition coefficient (Wildman–Crippen LogP) is 4.60. The van der Waals surface area contributed by atoms with Crippen LogP contribution in [0.4, 0.5) is 0 Å². The molecule has 0 spiro atoms. The van der Waals surface area contributed by atoms with Gasteiger partial charge in [0.15, 0.2) is 5.76 Å². The number of rotatable bonds is 4. The molecule has 0 bridgehead atoms. The number of halogens is 1. The zero-order chi connectivity index (χ0) is 14.1. The third-order valence-electron chi connectivity index (χ3n) is 3.24. The standard InChI is InChI=1S/C15H15BrN2OS/c1-2-11(17)7-15-18-12(8-20-15)14-6-9-5-10(16)3-4-13(9)19-14/h3-6,8,11H,2,7,17H2,1H3. The number of nitrogens with two attached hydrogens (primary N) is 1. The van der Waals surface area contributed by atoms with Crippen molar-refractivity contribution in [2.45, 2.75) is 25.8 Å². The van der Waals surface area contributed by atoms with Gasteiger partial charge in [0.2, 0.25) is 0 Å². The molecular weight excluding hydrogens is 336 g/mol. The van der Waals surface area contributed by atoms with Crippen LogP contribution in [0, 0.1) is 0 Å². The molecule has 1 unspecified atom stereocenters. The Balaban J connectivity index is 1.91. The minimum Gasteiger partial charge on any atom is -0.454 e. The molecule has 2 heterocycles. The molecule has 104 valence electrons. The monoisotopic (exact) mass is 350 g/mol. The number of hydrogen-bond acceptors (Lipinski definition) is 4. The molecule has 0 saturated carbocycles. The van der Waals surface area contributed by atoms with Gasteiger partial charge < -0.3 is 10.2 Å². The molecule has 0 aliphatic rings. The van der Waals surface area contributed by atoms with Gasteiger partial charge in [0.1, 0.15) is 11.3 Å². The van der Waals surface area contributed by atoms with Crippen LogP contribution in [-0.2, 0) is 6.42 Å². The number of thiazole rings is 1. The number of fused-ring (bicyclic) bond motifs is 1. The van der Waals surface area contributed by atoms with Crippen LogP contribution in [0.1, 0.15) is 18.4 Å². The van der Waals surface area contributed by atoms with Crippen molar-refractivity contribution in [2.24, 2.45) is 5.73 Å². The second kappa shape index (κ2) is 5.68. The number of aromatic nitrogens is 1. The van der Waals surface area contributed by atoms with Gasteiger partial charge in [0.05, 0.1) is 5.01 Å². The van der Waals surface area contributed by atoms with E-state index in [4.69, 9.17) is 10.2 Å². The van der Waals surface area contributed by atoms with Crippen molar-refractivity contribution in [1.82, 2.24) is 4.98 Å². The number of furan rings is 1. The molecule has 0 fully saturated rings. The fraction of sp³-hybridized carbons (Fsp3) is 0.267. The zero-order valence-electron chi connectivity index (χ0n) is 11.1. The van der Waals surface area contributed by atoms with Gasteiger partial charge in [0, 0.05) is 27.7 Å². The first-order chi connectivity index (χ1) is 9.65. The molecule has 0 amide bonds. The Bertz CT molecular complexity index is 734. The molecular formula is C15H15BrN2OS. The lowest BCUT2D eigenvalue weighted by atomic mass is 10.2. The maximum Gasteiger partial charge on any atom is 0.154 e. The number of hydrogen-bond donors (Lipinski definition) is 1. The Hall–Kier alpha value is -1.17. The van der Waals surface area contributed by atoms with Crippen molar-refractivity contribution >= 4 is 38.2 Å². The molecule has 0 aliphatic heterocycles. The van der Waals surface area contributed by atoms with E-state index in [9.17, 15) is 0 Å². The van der Waals surface area contributed by atoms with Crippen LogP contribution in [0.25, 0.3) is 22.4 Å². The van der Waals surface area contributed by atoms with E-state index in [0.717, 1.165) is 44.7 Å². The highest BCUT2D eigenvalue weighted by molar-refractivity contribution is 9.10. The molecule has 0 saturated heterocycles. The summed E-state index contributed by atoms with van der Waals surface area (Å²) in [5, 5.41) is 4.18. The highest BCUT2D eigenvalue weighted by Crippen LogP contribution is 2.30. The summed E-state index contributed by atoms with van der Waals surface area (Å²) in [6.45, 7) is 2.09. The van der Waals surface area contributed by atoms with Crippen LogP contribution in [0.2, 0.25) is 0 Å². The lowest BCUT2D eigenvalue weighted by molar-refractivity contribution is 0.626. The Kier molecular flexibility index (Phi) is 3.92. The van der Waals surface area contributed by atoms with E-state index in [1.54, 1.807) is 11.3 Å². The highest BCUT2D eigenvalue weighted by atomic mass is 79.9. The third-order valence-corrected chi connectivity index (χ3v) is 4.61. The maximum atomic E-state index is 5.97. The Morgan fingerprint density at radius 1 is 1.40 bits per heavy atom.